The van der Waals surface area contributed by atoms with E-state index in [0.717, 1.165) is 22.6 Å². The summed E-state index contributed by atoms with van der Waals surface area (Å²) in [5.74, 6) is 4.55. The monoisotopic (exact) mass is 379 g/mol. The molecule has 0 heterocycles. The lowest BCUT2D eigenvalue weighted by Crippen LogP contribution is -2.38. The summed E-state index contributed by atoms with van der Waals surface area (Å²) in [7, 11) is 0. The van der Waals surface area contributed by atoms with Crippen LogP contribution in [0.1, 0.15) is 30.4 Å². The molecule has 4 aliphatic carbocycles. The van der Waals surface area contributed by atoms with Crippen molar-refractivity contribution in [2.24, 2.45) is 28.9 Å². The molecule has 134 valence electrons. The zero-order chi connectivity index (χ0) is 17.8. The smallest absolute Gasteiger partial charge is 0.0793 e. The van der Waals surface area contributed by atoms with Crippen molar-refractivity contribution in [2.75, 3.05) is 5.75 Å². The van der Waals surface area contributed by atoms with E-state index in [9.17, 15) is 0 Å². The van der Waals surface area contributed by atoms with Crippen molar-refractivity contribution >= 4 is 29.0 Å². The van der Waals surface area contributed by atoms with Crippen LogP contribution in [0.25, 0.3) is 0 Å². The fourth-order valence-electron chi connectivity index (χ4n) is 6.54. The fraction of sp³-hybridized carbons (Fsp3) is 0.435. The first-order valence-electron chi connectivity index (χ1n) is 9.63. The Hall–Kier alpha value is -1.32. The molecular formula is C23H25NS2. The van der Waals surface area contributed by atoms with Crippen LogP contribution >= 0.6 is 24.0 Å². The average Bonchev–Trinajstić information content (AvgIpc) is 3.37. The minimum Gasteiger partial charge on any atom is -0.393 e. The van der Waals surface area contributed by atoms with Gasteiger partial charge >= 0.3 is 0 Å². The zero-order valence-electron chi connectivity index (χ0n) is 14.9. The maximum atomic E-state index is 6.33. The molecule has 2 aromatic carbocycles. The van der Waals surface area contributed by atoms with Crippen LogP contribution in [-0.2, 0) is 11.2 Å². The lowest BCUT2D eigenvalue weighted by Gasteiger charge is -2.34. The van der Waals surface area contributed by atoms with Crippen molar-refractivity contribution in [1.82, 2.24) is 0 Å². The molecular weight excluding hydrogens is 354 g/mol. The topological polar surface area (TPSA) is 26.0 Å². The van der Waals surface area contributed by atoms with Crippen LogP contribution in [-0.4, -0.2) is 10.7 Å². The van der Waals surface area contributed by atoms with Crippen molar-refractivity contribution in [3.05, 3.63) is 71.8 Å². The molecule has 6 rings (SSSR count). The van der Waals surface area contributed by atoms with E-state index < -0.39 is 0 Å². The van der Waals surface area contributed by atoms with Gasteiger partial charge in [-0.3, -0.25) is 0 Å². The van der Waals surface area contributed by atoms with Crippen LogP contribution in [0.15, 0.2) is 60.7 Å². The van der Waals surface area contributed by atoms with E-state index in [4.69, 9.17) is 18.0 Å². The molecule has 0 saturated heterocycles. The molecule has 5 atom stereocenters. The molecule has 0 radical (unpaired) electrons. The normalized spacial score (nSPS) is 36.7. The number of benzene rings is 2. The Morgan fingerprint density at radius 3 is 2.35 bits per heavy atom. The van der Waals surface area contributed by atoms with Gasteiger partial charge in [0.2, 0.25) is 0 Å². The van der Waals surface area contributed by atoms with Gasteiger partial charge in [-0.2, -0.15) is 11.8 Å². The molecule has 0 amide bonds. The minimum atomic E-state index is 0.133. The van der Waals surface area contributed by atoms with Crippen molar-refractivity contribution in [2.45, 2.75) is 30.4 Å². The number of thioether (sulfide) groups is 1. The number of hydrogen-bond donors (Lipinski definition) is 1. The number of nitrogens with two attached hydrogens (primary N) is 1. The molecule has 5 unspecified atom stereocenters. The van der Waals surface area contributed by atoms with Gasteiger partial charge in [0.05, 0.1) is 4.99 Å². The Morgan fingerprint density at radius 2 is 1.69 bits per heavy atom. The van der Waals surface area contributed by atoms with Crippen LogP contribution < -0.4 is 5.73 Å². The highest BCUT2D eigenvalue weighted by molar-refractivity contribution is 7.98. The molecule has 4 aliphatic rings. The fourth-order valence-corrected chi connectivity index (χ4v) is 8.13. The summed E-state index contributed by atoms with van der Waals surface area (Å²) in [5.41, 5.74) is 9.74. The van der Waals surface area contributed by atoms with E-state index in [2.05, 4.69) is 72.4 Å². The van der Waals surface area contributed by atoms with Crippen molar-refractivity contribution < 1.29 is 0 Å². The van der Waals surface area contributed by atoms with Crippen LogP contribution in [0.2, 0.25) is 0 Å². The molecule has 3 heteroatoms. The molecule has 4 fully saturated rings. The summed E-state index contributed by atoms with van der Waals surface area (Å²) in [6.07, 6.45) is 3.70. The Labute approximate surface area is 165 Å². The molecule has 4 saturated carbocycles. The van der Waals surface area contributed by atoms with Crippen LogP contribution in [0.5, 0.6) is 0 Å². The van der Waals surface area contributed by atoms with Crippen molar-refractivity contribution in [3.63, 3.8) is 0 Å². The van der Waals surface area contributed by atoms with Gasteiger partial charge in [0.25, 0.3) is 0 Å². The maximum Gasteiger partial charge on any atom is 0.0793 e. The quantitative estimate of drug-likeness (QED) is 0.700. The Kier molecular flexibility index (Phi) is 3.95. The second-order valence-electron chi connectivity index (χ2n) is 8.51. The lowest BCUT2D eigenvalue weighted by molar-refractivity contribution is 0.286. The Bertz CT molecular complexity index is 821. The summed E-state index contributed by atoms with van der Waals surface area (Å²) in [5, 5.41) is 0. The number of thiocarbonyl (C=S) groups is 1. The van der Waals surface area contributed by atoms with Gasteiger partial charge < -0.3 is 5.73 Å². The molecule has 0 aromatic heterocycles. The minimum absolute atomic E-state index is 0.133. The van der Waals surface area contributed by atoms with E-state index in [1.165, 1.54) is 36.1 Å². The second-order valence-corrected chi connectivity index (χ2v) is 9.98. The first kappa shape index (κ1) is 16.8. The first-order chi connectivity index (χ1) is 12.7. The van der Waals surface area contributed by atoms with Gasteiger partial charge in [0.15, 0.2) is 0 Å². The molecule has 26 heavy (non-hydrogen) atoms. The third-order valence-corrected chi connectivity index (χ3v) is 9.08. The molecule has 1 nitrogen and oxygen atoms in total. The summed E-state index contributed by atoms with van der Waals surface area (Å²) in [6, 6.07) is 22.0. The summed E-state index contributed by atoms with van der Waals surface area (Å²) < 4.78 is 0. The van der Waals surface area contributed by atoms with Crippen molar-refractivity contribution in [3.8, 4) is 0 Å². The predicted octanol–water partition coefficient (Wildman–Crippen LogP) is 5.19. The second kappa shape index (κ2) is 6.10. The lowest BCUT2D eigenvalue weighted by atomic mass is 9.72. The predicted molar refractivity (Wildman–Crippen MR) is 114 cm³/mol. The average molecular weight is 380 g/mol. The van der Waals surface area contributed by atoms with Gasteiger partial charge in [0, 0.05) is 11.2 Å². The van der Waals surface area contributed by atoms with E-state index >= 15 is 0 Å². The highest BCUT2D eigenvalue weighted by Crippen LogP contribution is 2.78. The van der Waals surface area contributed by atoms with E-state index in [1.807, 2.05) is 0 Å². The highest BCUT2D eigenvalue weighted by atomic mass is 32.2. The van der Waals surface area contributed by atoms with Gasteiger partial charge in [-0.05, 0) is 59.3 Å². The third kappa shape index (κ3) is 2.26. The largest absolute Gasteiger partial charge is 0.393 e. The number of hydrogen-bond acceptors (Lipinski definition) is 2. The van der Waals surface area contributed by atoms with Crippen LogP contribution in [0.3, 0.4) is 0 Å². The molecule has 2 N–H and O–H groups in total. The maximum absolute atomic E-state index is 6.33. The highest BCUT2D eigenvalue weighted by Gasteiger charge is 2.75. The van der Waals surface area contributed by atoms with Gasteiger partial charge in [-0.15, -0.1) is 0 Å². The molecule has 0 aliphatic heterocycles. The number of rotatable bonds is 6. The van der Waals surface area contributed by atoms with Gasteiger partial charge in [-0.1, -0.05) is 72.9 Å². The third-order valence-electron chi connectivity index (χ3n) is 7.51. The van der Waals surface area contributed by atoms with Gasteiger partial charge in [0.1, 0.15) is 0 Å². The first-order valence-corrected chi connectivity index (χ1v) is 11.2. The van der Waals surface area contributed by atoms with Gasteiger partial charge in [-0.25, -0.2) is 0 Å². The van der Waals surface area contributed by atoms with E-state index in [0.29, 0.717) is 11.3 Å². The Balaban J connectivity index is 1.39. The summed E-state index contributed by atoms with van der Waals surface area (Å²) in [4.78, 5) is 0.790. The standard InChI is InChI=1S/C23H25NS2/c24-21(25)23-12-19-18(14-26-13-16-7-3-1-4-8-16)20(23)11-22(19,15-23)17-9-5-2-6-10-17/h1-10,18-20H,11-15H2,(H2,24,25). The Morgan fingerprint density at radius 1 is 1.00 bits per heavy atom. The molecule has 4 bridgehead atoms. The van der Waals surface area contributed by atoms with E-state index in [1.54, 1.807) is 0 Å². The zero-order valence-corrected chi connectivity index (χ0v) is 16.6. The van der Waals surface area contributed by atoms with Crippen LogP contribution in [0, 0.1) is 23.2 Å². The molecule has 2 aromatic rings. The van der Waals surface area contributed by atoms with E-state index in [-0.39, 0.29) is 5.41 Å². The summed E-state index contributed by atoms with van der Waals surface area (Å²) >= 11 is 7.70. The summed E-state index contributed by atoms with van der Waals surface area (Å²) in [6.45, 7) is 0. The molecule has 0 spiro atoms. The SMILES string of the molecule is NC(=S)C12CC3C(CSCc4ccccc4)C1CC3(c1ccccc1)C2. The van der Waals surface area contributed by atoms with Crippen molar-refractivity contribution in [1.29, 1.82) is 0 Å². The van der Waals surface area contributed by atoms with Crippen LogP contribution in [0.4, 0.5) is 0 Å².